The molecule has 1 aliphatic rings. The van der Waals surface area contributed by atoms with Crippen molar-refractivity contribution in [3.8, 4) is 0 Å². The number of halogens is 2. The molecule has 7 heteroatoms. The number of benzene rings is 1. The van der Waals surface area contributed by atoms with E-state index in [0.717, 1.165) is 18.9 Å². The van der Waals surface area contributed by atoms with Gasteiger partial charge in [-0.2, -0.15) is 0 Å². The third-order valence-electron chi connectivity index (χ3n) is 3.38. The first-order valence-corrected chi connectivity index (χ1v) is 6.39. The molecule has 1 fully saturated rings. The van der Waals surface area contributed by atoms with Gasteiger partial charge in [-0.1, -0.05) is 24.4 Å². The van der Waals surface area contributed by atoms with Crippen molar-refractivity contribution in [1.82, 2.24) is 0 Å². The number of aliphatic hydroxyl groups is 1. The minimum Gasteiger partial charge on any atom is -0.388 e. The number of nitro groups is 1. The highest BCUT2D eigenvalue weighted by molar-refractivity contribution is 6.31. The molecular weight excluding hydrogens is 275 g/mol. The fraction of sp³-hybridized carbons (Fsp3) is 0.500. The highest BCUT2D eigenvalue weighted by Gasteiger charge is 2.31. The monoisotopic (exact) mass is 288 g/mol. The SMILES string of the molecule is O=[N+]([O-])c1cc(F)c(Cl)cc1NCC1(O)CCCC1. The maximum absolute atomic E-state index is 13.2. The molecule has 0 saturated heterocycles. The van der Waals surface area contributed by atoms with Gasteiger partial charge >= 0.3 is 0 Å². The van der Waals surface area contributed by atoms with Gasteiger partial charge in [-0.05, 0) is 18.9 Å². The van der Waals surface area contributed by atoms with Crippen LogP contribution in [0.25, 0.3) is 0 Å². The molecule has 0 heterocycles. The van der Waals surface area contributed by atoms with Crippen molar-refractivity contribution in [2.24, 2.45) is 0 Å². The first kappa shape index (κ1) is 14.0. The van der Waals surface area contributed by atoms with Crippen LogP contribution in [0.5, 0.6) is 0 Å². The molecule has 0 aliphatic heterocycles. The van der Waals surface area contributed by atoms with Crippen molar-refractivity contribution >= 4 is 23.0 Å². The van der Waals surface area contributed by atoms with E-state index in [4.69, 9.17) is 11.6 Å². The number of nitro benzene ring substituents is 1. The van der Waals surface area contributed by atoms with E-state index in [9.17, 15) is 19.6 Å². The summed E-state index contributed by atoms with van der Waals surface area (Å²) in [5.74, 6) is -0.835. The molecule has 0 spiro atoms. The van der Waals surface area contributed by atoms with Crippen LogP contribution in [0.2, 0.25) is 5.02 Å². The van der Waals surface area contributed by atoms with Crippen molar-refractivity contribution in [1.29, 1.82) is 0 Å². The van der Waals surface area contributed by atoms with E-state index >= 15 is 0 Å². The van der Waals surface area contributed by atoms with E-state index in [0.29, 0.717) is 12.8 Å². The fourth-order valence-electron chi connectivity index (χ4n) is 2.30. The Morgan fingerprint density at radius 2 is 2.11 bits per heavy atom. The molecule has 5 nitrogen and oxygen atoms in total. The molecule has 0 radical (unpaired) electrons. The summed E-state index contributed by atoms with van der Waals surface area (Å²) in [7, 11) is 0. The number of rotatable bonds is 4. The molecule has 0 amide bonds. The van der Waals surface area contributed by atoms with Crippen LogP contribution in [-0.2, 0) is 0 Å². The standard InChI is InChI=1S/C12H14ClFN2O3/c13-8-5-10(11(16(18)19)6-9(8)14)15-7-12(17)3-1-2-4-12/h5-6,15,17H,1-4,7H2. The lowest BCUT2D eigenvalue weighted by molar-refractivity contribution is -0.384. The Labute approximate surface area is 114 Å². The smallest absolute Gasteiger partial charge is 0.295 e. The van der Waals surface area contributed by atoms with E-state index in [1.807, 2.05) is 0 Å². The molecule has 1 aliphatic carbocycles. The van der Waals surface area contributed by atoms with Gasteiger partial charge in [0.05, 0.1) is 21.6 Å². The van der Waals surface area contributed by atoms with Gasteiger partial charge in [-0.25, -0.2) is 4.39 Å². The summed E-state index contributed by atoms with van der Waals surface area (Å²) >= 11 is 5.62. The molecule has 104 valence electrons. The van der Waals surface area contributed by atoms with Crippen molar-refractivity contribution in [3.05, 3.63) is 33.1 Å². The predicted octanol–water partition coefficient (Wildman–Crippen LogP) is 3.10. The molecule has 1 aromatic rings. The second-order valence-electron chi connectivity index (χ2n) is 4.83. The van der Waals surface area contributed by atoms with Crippen LogP contribution < -0.4 is 5.32 Å². The summed E-state index contributed by atoms with van der Waals surface area (Å²) in [6.07, 6.45) is 3.18. The average Bonchev–Trinajstić information content (AvgIpc) is 2.77. The van der Waals surface area contributed by atoms with E-state index in [2.05, 4.69) is 5.32 Å². The van der Waals surface area contributed by atoms with E-state index in [-0.39, 0.29) is 22.9 Å². The third kappa shape index (κ3) is 3.13. The van der Waals surface area contributed by atoms with Crippen LogP contribution in [0, 0.1) is 15.9 Å². The second-order valence-corrected chi connectivity index (χ2v) is 5.23. The Bertz CT molecular complexity index is 504. The van der Waals surface area contributed by atoms with Crippen molar-refractivity contribution in [2.45, 2.75) is 31.3 Å². The Hall–Kier alpha value is -1.40. The highest BCUT2D eigenvalue weighted by Crippen LogP contribution is 2.33. The highest BCUT2D eigenvalue weighted by atomic mass is 35.5. The quantitative estimate of drug-likeness (QED) is 0.659. The minimum absolute atomic E-state index is 0.122. The minimum atomic E-state index is -0.852. The van der Waals surface area contributed by atoms with Crippen molar-refractivity contribution in [3.63, 3.8) is 0 Å². The van der Waals surface area contributed by atoms with Gasteiger partial charge in [0.2, 0.25) is 0 Å². The largest absolute Gasteiger partial charge is 0.388 e. The van der Waals surface area contributed by atoms with Crippen LogP contribution in [0.4, 0.5) is 15.8 Å². The molecule has 0 unspecified atom stereocenters. The summed E-state index contributed by atoms with van der Waals surface area (Å²) in [6.45, 7) is 0.190. The first-order chi connectivity index (χ1) is 8.91. The molecule has 2 N–H and O–H groups in total. The number of hydrogen-bond acceptors (Lipinski definition) is 4. The Morgan fingerprint density at radius 3 is 2.68 bits per heavy atom. The van der Waals surface area contributed by atoms with Gasteiger partial charge in [-0.3, -0.25) is 10.1 Å². The summed E-state index contributed by atoms with van der Waals surface area (Å²) in [4.78, 5) is 10.2. The van der Waals surface area contributed by atoms with Crippen molar-refractivity contribution in [2.75, 3.05) is 11.9 Å². The maximum atomic E-state index is 13.2. The van der Waals surface area contributed by atoms with Gasteiger partial charge < -0.3 is 10.4 Å². The summed E-state index contributed by atoms with van der Waals surface area (Å²) in [5, 5.41) is 23.6. The van der Waals surface area contributed by atoms with Gasteiger partial charge in [0.25, 0.3) is 5.69 Å². The number of hydrogen-bond donors (Lipinski definition) is 2. The molecular formula is C12H14ClFN2O3. The number of nitrogens with one attached hydrogen (secondary N) is 1. The van der Waals surface area contributed by atoms with E-state index in [1.54, 1.807) is 0 Å². The summed E-state index contributed by atoms with van der Waals surface area (Å²) in [5.41, 5.74) is -1.12. The van der Waals surface area contributed by atoms with Gasteiger partial charge in [0.15, 0.2) is 0 Å². The zero-order valence-electron chi connectivity index (χ0n) is 10.2. The number of nitrogens with zero attached hydrogens (tertiary/aromatic N) is 1. The molecule has 1 saturated carbocycles. The van der Waals surface area contributed by atoms with Crippen LogP contribution in [0.3, 0.4) is 0 Å². The van der Waals surface area contributed by atoms with Crippen molar-refractivity contribution < 1.29 is 14.4 Å². The van der Waals surface area contributed by atoms with E-state index < -0.39 is 16.3 Å². The second kappa shape index (κ2) is 5.30. The Kier molecular flexibility index (Phi) is 3.91. The van der Waals surface area contributed by atoms with Crippen LogP contribution in [-0.4, -0.2) is 22.2 Å². The van der Waals surface area contributed by atoms with Crippen LogP contribution in [0.1, 0.15) is 25.7 Å². The van der Waals surface area contributed by atoms with Crippen LogP contribution >= 0.6 is 11.6 Å². The Morgan fingerprint density at radius 1 is 1.47 bits per heavy atom. The van der Waals surface area contributed by atoms with Gasteiger partial charge in [-0.15, -0.1) is 0 Å². The van der Waals surface area contributed by atoms with Gasteiger partial charge in [0.1, 0.15) is 11.5 Å². The lowest BCUT2D eigenvalue weighted by atomic mass is 10.0. The molecule has 1 aromatic carbocycles. The predicted molar refractivity (Wildman–Crippen MR) is 70.0 cm³/mol. The molecule has 0 atom stereocenters. The summed E-state index contributed by atoms with van der Waals surface area (Å²) in [6, 6.07) is 1.96. The number of anilines is 1. The lowest BCUT2D eigenvalue weighted by Crippen LogP contribution is -2.33. The fourth-order valence-corrected chi connectivity index (χ4v) is 2.46. The third-order valence-corrected chi connectivity index (χ3v) is 3.67. The Balaban J connectivity index is 2.19. The molecule has 0 bridgehead atoms. The topological polar surface area (TPSA) is 75.4 Å². The maximum Gasteiger partial charge on any atom is 0.295 e. The first-order valence-electron chi connectivity index (χ1n) is 6.01. The lowest BCUT2D eigenvalue weighted by Gasteiger charge is -2.23. The zero-order valence-corrected chi connectivity index (χ0v) is 10.9. The van der Waals surface area contributed by atoms with Crippen LogP contribution in [0.15, 0.2) is 12.1 Å². The summed E-state index contributed by atoms with van der Waals surface area (Å²) < 4.78 is 13.2. The average molecular weight is 289 g/mol. The normalized spacial score (nSPS) is 17.4. The van der Waals surface area contributed by atoms with Gasteiger partial charge in [0, 0.05) is 6.54 Å². The molecule has 19 heavy (non-hydrogen) atoms. The zero-order chi connectivity index (χ0) is 14.0. The van der Waals surface area contributed by atoms with E-state index in [1.165, 1.54) is 6.07 Å². The molecule has 2 rings (SSSR count). The molecule has 0 aromatic heterocycles.